The molecule has 0 unspecified atom stereocenters. The van der Waals surface area contributed by atoms with Gasteiger partial charge in [-0.15, -0.1) is 0 Å². The van der Waals surface area contributed by atoms with Crippen molar-refractivity contribution in [3.05, 3.63) is 39.3 Å². The Morgan fingerprint density at radius 1 is 1.44 bits per heavy atom. The Morgan fingerprint density at radius 3 is 3.00 bits per heavy atom. The molecular weight excluding hydrogens is 312 g/mol. The summed E-state index contributed by atoms with van der Waals surface area (Å²) in [5.41, 5.74) is 1.13. The zero-order chi connectivity index (χ0) is 13.0. The molecule has 1 aromatic heterocycles. The molecule has 0 aliphatic heterocycles. The van der Waals surface area contributed by atoms with Crippen molar-refractivity contribution in [2.45, 2.75) is 20.5 Å². The highest BCUT2D eigenvalue weighted by Crippen LogP contribution is 2.24. The first-order valence-corrected chi connectivity index (χ1v) is 7.37. The van der Waals surface area contributed by atoms with Crippen molar-refractivity contribution in [1.82, 2.24) is 4.98 Å². The van der Waals surface area contributed by atoms with E-state index in [0.717, 1.165) is 32.3 Å². The molecule has 18 heavy (non-hydrogen) atoms. The molecule has 0 radical (unpaired) electrons. The first-order valence-electron chi connectivity index (χ1n) is 5.76. The van der Waals surface area contributed by atoms with Crippen molar-refractivity contribution in [2.75, 3.05) is 11.9 Å². The van der Waals surface area contributed by atoms with Crippen LogP contribution in [-0.2, 0) is 6.61 Å². The second-order valence-corrected chi connectivity index (χ2v) is 5.89. The maximum Gasteiger partial charge on any atom is 0.182 e. The summed E-state index contributed by atoms with van der Waals surface area (Å²) in [6.07, 6.45) is 1.86. The fraction of sp³-hybridized carbons (Fsp3) is 0.308. The minimum atomic E-state index is 0.561. The van der Waals surface area contributed by atoms with Crippen LogP contribution in [-0.4, -0.2) is 11.5 Å². The first kappa shape index (κ1) is 13.4. The fourth-order valence-electron chi connectivity index (χ4n) is 1.53. The van der Waals surface area contributed by atoms with Crippen molar-refractivity contribution in [1.29, 1.82) is 0 Å². The molecule has 0 aliphatic rings. The number of aryl methyl sites for hydroxylation is 1. The second-order valence-electron chi connectivity index (χ2n) is 3.86. The van der Waals surface area contributed by atoms with E-state index in [2.05, 4.69) is 33.2 Å². The molecule has 0 amide bonds. The van der Waals surface area contributed by atoms with Gasteiger partial charge in [-0.05, 0) is 37.6 Å². The predicted octanol–water partition coefficient (Wildman–Crippen LogP) is 4.22. The van der Waals surface area contributed by atoms with Crippen LogP contribution in [0.15, 0.2) is 28.9 Å². The average Bonchev–Trinajstić information content (AvgIpc) is 2.76. The van der Waals surface area contributed by atoms with Crippen LogP contribution in [0.2, 0.25) is 0 Å². The van der Waals surface area contributed by atoms with Crippen LogP contribution in [0.3, 0.4) is 0 Å². The molecule has 0 saturated heterocycles. The van der Waals surface area contributed by atoms with Gasteiger partial charge < -0.3 is 10.1 Å². The highest BCUT2D eigenvalue weighted by molar-refractivity contribution is 9.10. The van der Waals surface area contributed by atoms with E-state index in [1.165, 1.54) is 0 Å². The standard InChI is InChI=1S/C13H15BrN2OS/c1-3-15-13-16-7-11(18-13)8-17-12-5-4-10(14)6-9(12)2/h4-7H,3,8H2,1-2H3,(H,15,16). The molecule has 2 rings (SSSR count). The third-order valence-corrected chi connectivity index (χ3v) is 3.81. The van der Waals surface area contributed by atoms with Crippen LogP contribution >= 0.6 is 27.3 Å². The molecule has 0 aliphatic carbocycles. The number of rotatable bonds is 5. The number of benzene rings is 1. The number of ether oxygens (including phenoxy) is 1. The minimum Gasteiger partial charge on any atom is -0.488 e. The Bertz CT molecular complexity index is 527. The maximum absolute atomic E-state index is 5.79. The van der Waals surface area contributed by atoms with Crippen molar-refractivity contribution in [2.24, 2.45) is 0 Å². The Morgan fingerprint density at radius 2 is 2.28 bits per heavy atom. The number of thiazole rings is 1. The molecule has 0 spiro atoms. The van der Waals surface area contributed by atoms with E-state index in [1.54, 1.807) is 11.3 Å². The first-order chi connectivity index (χ1) is 8.69. The van der Waals surface area contributed by atoms with Crippen LogP contribution < -0.4 is 10.1 Å². The van der Waals surface area contributed by atoms with E-state index in [9.17, 15) is 0 Å². The van der Waals surface area contributed by atoms with E-state index in [1.807, 2.05) is 31.3 Å². The number of hydrogen-bond donors (Lipinski definition) is 1. The maximum atomic E-state index is 5.79. The number of anilines is 1. The van der Waals surface area contributed by atoms with E-state index in [4.69, 9.17) is 4.74 Å². The summed E-state index contributed by atoms with van der Waals surface area (Å²) in [4.78, 5) is 5.39. The molecular formula is C13H15BrN2OS. The zero-order valence-corrected chi connectivity index (χ0v) is 12.8. The van der Waals surface area contributed by atoms with Crippen LogP contribution in [0, 0.1) is 6.92 Å². The van der Waals surface area contributed by atoms with Crippen molar-refractivity contribution in [3.63, 3.8) is 0 Å². The molecule has 2 aromatic rings. The summed E-state index contributed by atoms with van der Waals surface area (Å²) in [6, 6.07) is 6.01. The second kappa shape index (κ2) is 6.20. The summed E-state index contributed by atoms with van der Waals surface area (Å²) in [6.45, 7) is 5.55. The lowest BCUT2D eigenvalue weighted by Gasteiger charge is -2.07. The van der Waals surface area contributed by atoms with Gasteiger partial charge in [-0.2, -0.15) is 0 Å². The zero-order valence-electron chi connectivity index (χ0n) is 10.4. The van der Waals surface area contributed by atoms with Gasteiger partial charge in [-0.25, -0.2) is 4.98 Å². The van der Waals surface area contributed by atoms with E-state index in [0.29, 0.717) is 6.61 Å². The highest BCUT2D eigenvalue weighted by atomic mass is 79.9. The number of aromatic nitrogens is 1. The molecule has 1 aromatic carbocycles. The van der Waals surface area contributed by atoms with Gasteiger partial charge in [-0.1, -0.05) is 27.3 Å². The summed E-state index contributed by atoms with van der Waals surface area (Å²) in [5, 5.41) is 4.14. The monoisotopic (exact) mass is 326 g/mol. The average molecular weight is 327 g/mol. The molecule has 96 valence electrons. The third kappa shape index (κ3) is 3.46. The summed E-state index contributed by atoms with van der Waals surface area (Å²) >= 11 is 5.07. The third-order valence-electron chi connectivity index (χ3n) is 2.39. The van der Waals surface area contributed by atoms with Crippen LogP contribution in [0.5, 0.6) is 5.75 Å². The Kier molecular flexibility index (Phi) is 4.60. The number of nitrogens with one attached hydrogen (secondary N) is 1. The quantitative estimate of drug-likeness (QED) is 0.892. The Hall–Kier alpha value is -1.07. The number of hydrogen-bond acceptors (Lipinski definition) is 4. The Labute approximate surface area is 119 Å². The minimum absolute atomic E-state index is 0.561. The highest BCUT2D eigenvalue weighted by Gasteiger charge is 2.04. The van der Waals surface area contributed by atoms with E-state index >= 15 is 0 Å². The molecule has 5 heteroatoms. The molecule has 0 bridgehead atoms. The van der Waals surface area contributed by atoms with Gasteiger partial charge in [0.05, 0.1) is 4.88 Å². The topological polar surface area (TPSA) is 34.2 Å². The lowest BCUT2D eigenvalue weighted by Crippen LogP contribution is -1.95. The SMILES string of the molecule is CCNc1ncc(COc2ccc(Br)cc2C)s1. The Balaban J connectivity index is 1.97. The van der Waals surface area contributed by atoms with Crippen LogP contribution in [0.25, 0.3) is 0 Å². The molecule has 1 heterocycles. The number of halogens is 1. The lowest BCUT2D eigenvalue weighted by atomic mass is 10.2. The molecule has 0 saturated carbocycles. The van der Waals surface area contributed by atoms with Crippen molar-refractivity contribution < 1.29 is 4.74 Å². The van der Waals surface area contributed by atoms with Gasteiger partial charge in [0, 0.05) is 17.2 Å². The van der Waals surface area contributed by atoms with Crippen molar-refractivity contribution >= 4 is 32.4 Å². The van der Waals surface area contributed by atoms with Crippen molar-refractivity contribution in [3.8, 4) is 5.75 Å². The lowest BCUT2D eigenvalue weighted by molar-refractivity contribution is 0.307. The number of nitrogens with zero attached hydrogens (tertiary/aromatic N) is 1. The van der Waals surface area contributed by atoms with E-state index < -0.39 is 0 Å². The summed E-state index contributed by atoms with van der Waals surface area (Å²) in [7, 11) is 0. The largest absolute Gasteiger partial charge is 0.488 e. The van der Waals surface area contributed by atoms with Gasteiger partial charge in [0.15, 0.2) is 5.13 Å². The molecule has 3 nitrogen and oxygen atoms in total. The molecule has 1 N–H and O–H groups in total. The van der Waals surface area contributed by atoms with Crippen LogP contribution in [0.4, 0.5) is 5.13 Å². The van der Waals surface area contributed by atoms with Gasteiger partial charge >= 0.3 is 0 Å². The predicted molar refractivity (Wildman–Crippen MR) is 79.5 cm³/mol. The normalized spacial score (nSPS) is 10.4. The molecule has 0 fully saturated rings. The summed E-state index contributed by atoms with van der Waals surface area (Å²) in [5.74, 6) is 0.914. The van der Waals surface area contributed by atoms with Gasteiger partial charge in [0.1, 0.15) is 12.4 Å². The van der Waals surface area contributed by atoms with Gasteiger partial charge in [0.25, 0.3) is 0 Å². The molecule has 0 atom stereocenters. The van der Waals surface area contributed by atoms with Gasteiger partial charge in [0.2, 0.25) is 0 Å². The van der Waals surface area contributed by atoms with Gasteiger partial charge in [-0.3, -0.25) is 0 Å². The smallest absolute Gasteiger partial charge is 0.182 e. The van der Waals surface area contributed by atoms with Crippen LogP contribution in [0.1, 0.15) is 17.4 Å². The fourth-order valence-corrected chi connectivity index (χ4v) is 2.80. The van der Waals surface area contributed by atoms with E-state index in [-0.39, 0.29) is 0 Å². The summed E-state index contributed by atoms with van der Waals surface area (Å²) < 4.78 is 6.86.